The number of pyridine rings is 1. The largest absolute Gasteiger partial charge is 0.497 e. The Balaban J connectivity index is 1.61. The number of carbonyl (C=O) groups is 2. The third-order valence-corrected chi connectivity index (χ3v) is 5.97. The molecule has 36 heavy (non-hydrogen) atoms. The Kier molecular flexibility index (Phi) is 5.99. The topological polar surface area (TPSA) is 98.2 Å². The Morgan fingerprint density at radius 3 is 2.53 bits per heavy atom. The maximum atomic E-state index is 14.7. The van der Waals surface area contributed by atoms with Crippen LogP contribution in [-0.4, -0.2) is 36.2 Å². The van der Waals surface area contributed by atoms with Crippen LogP contribution in [0.15, 0.2) is 66.7 Å². The average Bonchev–Trinajstić information content (AvgIpc) is 3.16. The number of aliphatic hydroxyl groups excluding tert-OH is 1. The first-order valence-electron chi connectivity index (χ1n) is 11.0. The van der Waals surface area contributed by atoms with E-state index in [0.29, 0.717) is 22.3 Å². The molecule has 9 heteroatoms. The van der Waals surface area contributed by atoms with E-state index in [9.17, 15) is 19.1 Å². The number of hydrogen-bond acceptors (Lipinski definition) is 7. The predicted octanol–water partition coefficient (Wildman–Crippen LogP) is 4.40. The second-order valence-electron chi connectivity index (χ2n) is 8.10. The number of halogens is 1. The summed E-state index contributed by atoms with van der Waals surface area (Å²) in [6, 6.07) is 17.8. The molecule has 0 bridgehead atoms. The highest BCUT2D eigenvalue weighted by molar-refractivity contribution is 6.11. The number of hydrogen-bond donors (Lipinski definition) is 1. The van der Waals surface area contributed by atoms with Gasteiger partial charge in [-0.05, 0) is 35.9 Å². The zero-order chi connectivity index (χ0) is 25.4. The molecule has 1 amide bonds. The van der Waals surface area contributed by atoms with Gasteiger partial charge in [0, 0.05) is 22.6 Å². The lowest BCUT2D eigenvalue weighted by Gasteiger charge is -2.23. The van der Waals surface area contributed by atoms with Gasteiger partial charge in [0.1, 0.15) is 18.2 Å². The van der Waals surface area contributed by atoms with Gasteiger partial charge in [-0.2, -0.15) is 0 Å². The summed E-state index contributed by atoms with van der Waals surface area (Å²) in [6.07, 6.45) is -1.30. The predicted molar refractivity (Wildman–Crippen MR) is 129 cm³/mol. The third-order valence-electron chi connectivity index (χ3n) is 5.97. The van der Waals surface area contributed by atoms with Gasteiger partial charge in [-0.15, -0.1) is 0 Å². The summed E-state index contributed by atoms with van der Waals surface area (Å²) in [5, 5.41) is 11.4. The van der Waals surface area contributed by atoms with Crippen LogP contribution in [0.5, 0.6) is 11.5 Å². The zero-order valence-corrected chi connectivity index (χ0v) is 19.4. The molecule has 0 radical (unpaired) electrons. The monoisotopic (exact) mass is 488 g/mol. The molecule has 0 saturated heterocycles. The summed E-state index contributed by atoms with van der Waals surface area (Å²) in [7, 11) is 2.73. The van der Waals surface area contributed by atoms with Gasteiger partial charge in [0.2, 0.25) is 0 Å². The van der Waals surface area contributed by atoms with Crippen molar-refractivity contribution in [3.63, 3.8) is 0 Å². The zero-order valence-electron chi connectivity index (χ0n) is 19.4. The molecule has 182 valence electrons. The molecular formula is C27H21FN2O6. The van der Waals surface area contributed by atoms with E-state index in [0.717, 1.165) is 23.6 Å². The average molecular weight is 488 g/mol. The fraction of sp³-hybridized carbons (Fsp3) is 0.148. The maximum absolute atomic E-state index is 14.7. The molecule has 1 atom stereocenters. The van der Waals surface area contributed by atoms with Gasteiger partial charge < -0.3 is 19.3 Å². The number of esters is 1. The highest BCUT2D eigenvalue weighted by atomic mass is 19.1. The Bertz CT molecular complexity index is 1490. The lowest BCUT2D eigenvalue weighted by atomic mass is 10.1. The van der Waals surface area contributed by atoms with E-state index in [1.54, 1.807) is 49.6 Å². The minimum absolute atomic E-state index is 0.0231. The van der Waals surface area contributed by atoms with E-state index in [4.69, 9.17) is 9.47 Å². The second-order valence-corrected chi connectivity index (χ2v) is 8.10. The number of aromatic nitrogens is 1. The van der Waals surface area contributed by atoms with Gasteiger partial charge in [0.05, 0.1) is 25.3 Å². The summed E-state index contributed by atoms with van der Waals surface area (Å²) in [6.45, 7) is 0.111. The first-order valence-corrected chi connectivity index (χ1v) is 11.0. The molecule has 4 aromatic rings. The molecular weight excluding hydrogens is 467 g/mol. The molecule has 2 heterocycles. The smallest absolute Gasteiger partial charge is 0.340 e. The van der Waals surface area contributed by atoms with Gasteiger partial charge in [-0.25, -0.2) is 14.2 Å². The summed E-state index contributed by atoms with van der Waals surface area (Å²) in [4.78, 5) is 30.8. The van der Waals surface area contributed by atoms with Crippen molar-refractivity contribution in [2.75, 3.05) is 19.1 Å². The van der Waals surface area contributed by atoms with E-state index < -0.39 is 23.9 Å². The van der Waals surface area contributed by atoms with Crippen LogP contribution in [0.4, 0.5) is 10.2 Å². The van der Waals surface area contributed by atoms with Crippen LogP contribution in [0.3, 0.4) is 0 Å². The molecule has 1 aromatic heterocycles. The summed E-state index contributed by atoms with van der Waals surface area (Å²) < 4.78 is 30.5. The Morgan fingerprint density at radius 2 is 1.83 bits per heavy atom. The normalized spacial score (nSPS) is 14.6. The molecule has 1 unspecified atom stereocenters. The van der Waals surface area contributed by atoms with Crippen LogP contribution >= 0.6 is 0 Å². The summed E-state index contributed by atoms with van der Waals surface area (Å²) >= 11 is 0. The van der Waals surface area contributed by atoms with Crippen molar-refractivity contribution in [3.8, 4) is 11.5 Å². The van der Waals surface area contributed by atoms with Crippen molar-refractivity contribution in [1.29, 1.82) is 0 Å². The molecule has 3 aromatic carbocycles. The minimum Gasteiger partial charge on any atom is -0.497 e. The van der Waals surface area contributed by atoms with Crippen LogP contribution < -0.4 is 14.4 Å². The van der Waals surface area contributed by atoms with E-state index in [1.165, 1.54) is 6.07 Å². The number of anilines is 1. The Morgan fingerprint density at radius 1 is 1.08 bits per heavy atom. The van der Waals surface area contributed by atoms with E-state index in [2.05, 4.69) is 9.72 Å². The van der Waals surface area contributed by atoms with Crippen molar-refractivity contribution in [1.82, 2.24) is 4.98 Å². The molecule has 8 nitrogen and oxygen atoms in total. The molecule has 1 aliphatic rings. The van der Waals surface area contributed by atoms with Crippen molar-refractivity contribution in [2.45, 2.75) is 12.8 Å². The lowest BCUT2D eigenvalue weighted by molar-refractivity contribution is 0.0595. The van der Waals surface area contributed by atoms with Crippen molar-refractivity contribution in [3.05, 3.63) is 94.8 Å². The second kappa shape index (κ2) is 9.27. The van der Waals surface area contributed by atoms with Crippen LogP contribution in [0.2, 0.25) is 0 Å². The SMILES string of the molecule is COC(=O)c1cc2cc(OCc3ccc(OC)cc3)c(N3C(=O)c4ccccc4C3O)nc2cc1F. The first-order chi connectivity index (χ1) is 17.4. The third kappa shape index (κ3) is 3.99. The number of ether oxygens (including phenoxy) is 3. The molecule has 0 saturated carbocycles. The van der Waals surface area contributed by atoms with E-state index >= 15 is 0 Å². The van der Waals surface area contributed by atoms with Gasteiger partial charge in [-0.3, -0.25) is 9.69 Å². The number of nitrogens with zero attached hydrogens (tertiary/aromatic N) is 2. The summed E-state index contributed by atoms with van der Waals surface area (Å²) in [5.41, 5.74) is 1.49. The number of fused-ring (bicyclic) bond motifs is 2. The number of benzene rings is 3. The van der Waals surface area contributed by atoms with Crippen molar-refractivity contribution in [2.24, 2.45) is 0 Å². The van der Waals surface area contributed by atoms with Crippen molar-refractivity contribution >= 4 is 28.6 Å². The first kappa shape index (κ1) is 23.3. The van der Waals surface area contributed by atoms with Crippen LogP contribution in [0, 0.1) is 5.82 Å². The van der Waals surface area contributed by atoms with Crippen molar-refractivity contribution < 1.29 is 33.3 Å². The van der Waals surface area contributed by atoms with Crippen LogP contribution in [0.25, 0.3) is 10.9 Å². The van der Waals surface area contributed by atoms with Gasteiger partial charge >= 0.3 is 5.97 Å². The molecule has 1 aliphatic heterocycles. The highest BCUT2D eigenvalue weighted by Crippen LogP contribution is 2.41. The molecule has 0 fully saturated rings. The standard InChI is InChI=1S/C27H21FN2O6/c1-34-17-9-7-15(8-10-17)14-36-23-12-16-11-20(27(33)35-2)21(28)13-22(16)29-24(23)30-25(31)18-5-3-4-6-19(18)26(30)32/h3-13,25,31H,14H2,1-2H3. The maximum Gasteiger partial charge on any atom is 0.340 e. The number of amides is 1. The van der Waals surface area contributed by atoms with Crippen LogP contribution in [-0.2, 0) is 11.3 Å². The fourth-order valence-corrected chi connectivity index (χ4v) is 4.10. The molecule has 5 rings (SSSR count). The number of methoxy groups -OCH3 is 2. The van der Waals surface area contributed by atoms with E-state index in [1.807, 2.05) is 12.1 Å². The highest BCUT2D eigenvalue weighted by Gasteiger charge is 2.39. The Labute approximate surface area is 205 Å². The number of aliphatic hydroxyl groups is 1. The van der Waals surface area contributed by atoms with Gasteiger partial charge in [0.15, 0.2) is 17.8 Å². The van der Waals surface area contributed by atoms with Crippen LogP contribution in [0.1, 0.15) is 38.1 Å². The molecule has 0 spiro atoms. The lowest BCUT2D eigenvalue weighted by Crippen LogP contribution is -2.29. The van der Waals surface area contributed by atoms with E-state index in [-0.39, 0.29) is 29.3 Å². The molecule has 0 aliphatic carbocycles. The Hall–Kier alpha value is -4.50. The summed E-state index contributed by atoms with van der Waals surface area (Å²) in [5.74, 6) is -1.24. The number of carbonyl (C=O) groups excluding carboxylic acids is 2. The van der Waals surface area contributed by atoms with Gasteiger partial charge in [-0.1, -0.05) is 30.3 Å². The van der Waals surface area contributed by atoms with Gasteiger partial charge in [0.25, 0.3) is 5.91 Å². The quantitative estimate of drug-likeness (QED) is 0.402. The minimum atomic E-state index is -1.30. The number of rotatable bonds is 6. The fourth-order valence-electron chi connectivity index (χ4n) is 4.10. The molecule has 1 N–H and O–H groups in total.